The third-order valence-corrected chi connectivity index (χ3v) is 2.60. The molecule has 26 heavy (non-hydrogen) atoms. The van der Waals surface area contributed by atoms with Gasteiger partial charge in [0.05, 0.1) is 11.4 Å². The summed E-state index contributed by atoms with van der Waals surface area (Å²) in [6, 6.07) is 11.8. The normalized spacial score (nSPS) is 10.6. The van der Waals surface area contributed by atoms with Crippen LogP contribution in [0.4, 0.5) is 5.69 Å². The maximum atomic E-state index is 10.3. The number of nitrogens with one attached hydrogen (secondary N) is 1. The molecule has 2 aromatic rings. The molecule has 0 amide bonds. The molecule has 0 aromatic heterocycles. The first-order chi connectivity index (χ1) is 11.5. The number of aromatic hydroxyl groups is 2. The third kappa shape index (κ3) is 16.1. The van der Waals surface area contributed by atoms with Gasteiger partial charge in [-0.25, -0.2) is 4.21 Å². The molecule has 2 rings (SSSR count). The van der Waals surface area contributed by atoms with Crippen molar-refractivity contribution < 1.29 is 70.2 Å². The fraction of sp³-hybridized carbons (Fsp3) is 0.0769. The molecule has 0 aliphatic rings. The van der Waals surface area contributed by atoms with E-state index in [1.165, 1.54) is 36.4 Å². The van der Waals surface area contributed by atoms with Crippen molar-refractivity contribution >= 4 is 27.4 Å². The summed E-state index contributed by atoms with van der Waals surface area (Å²) >= 11 is -2.86. The number of anilines is 1. The molecule has 1 unspecified atom stereocenters. The van der Waals surface area contributed by atoms with Gasteiger partial charge in [-0.05, 0) is 48.5 Å². The topological polar surface area (TPSA) is 176 Å². The minimum absolute atomic E-state index is 0. The second-order valence-electron chi connectivity index (χ2n) is 4.02. The van der Waals surface area contributed by atoms with E-state index in [0.29, 0.717) is 0 Å². The molecule has 10 nitrogen and oxygen atoms in total. The van der Waals surface area contributed by atoms with Gasteiger partial charge in [0.25, 0.3) is 0 Å². The Morgan fingerprint density at radius 2 is 1.35 bits per heavy atom. The van der Waals surface area contributed by atoms with Crippen LogP contribution in [0.25, 0.3) is 0 Å². The molecule has 0 saturated heterocycles. The Labute approximate surface area is 175 Å². The van der Waals surface area contributed by atoms with Gasteiger partial charge in [-0.15, -0.1) is 0 Å². The van der Waals surface area contributed by atoms with E-state index in [-0.39, 0.29) is 46.8 Å². The monoisotopic (exact) mass is 417 g/mol. The molecule has 0 aliphatic heterocycles. The smallest absolute Gasteiger partial charge is 0.750 e. The third-order valence-electron chi connectivity index (χ3n) is 2.19. The van der Waals surface area contributed by atoms with Crippen molar-refractivity contribution in [3.05, 3.63) is 48.5 Å². The Balaban J connectivity index is 0. The van der Waals surface area contributed by atoms with Crippen molar-refractivity contribution in [3.8, 4) is 17.2 Å². The van der Waals surface area contributed by atoms with Crippen LogP contribution in [0, 0.1) is 0 Å². The second-order valence-corrected chi connectivity index (χ2v) is 5.48. The SMILES string of the molecule is CNc1ccc(OS(=O)(=O)O)cc1.O=S([O-])O.Oc1ccc(O)cc1.[Na+]. The van der Waals surface area contributed by atoms with Crippen molar-refractivity contribution in [1.29, 1.82) is 0 Å². The van der Waals surface area contributed by atoms with Crippen LogP contribution < -0.4 is 39.1 Å². The number of benzene rings is 2. The van der Waals surface area contributed by atoms with Gasteiger partial charge in [0.1, 0.15) is 17.2 Å². The van der Waals surface area contributed by atoms with E-state index in [1.54, 1.807) is 19.2 Å². The minimum atomic E-state index is -4.42. The predicted octanol–water partition coefficient (Wildman–Crippen LogP) is -1.65. The number of hydrogen-bond acceptors (Lipinski definition) is 8. The van der Waals surface area contributed by atoms with Gasteiger partial charge in [0.15, 0.2) is 0 Å². The number of phenols is 2. The van der Waals surface area contributed by atoms with Crippen LogP contribution in [0.3, 0.4) is 0 Å². The van der Waals surface area contributed by atoms with Crippen LogP contribution in [-0.2, 0) is 21.8 Å². The molecule has 0 heterocycles. The van der Waals surface area contributed by atoms with Crippen LogP contribution in [0.1, 0.15) is 0 Å². The predicted molar refractivity (Wildman–Crippen MR) is 89.5 cm³/mol. The fourth-order valence-corrected chi connectivity index (χ4v) is 1.61. The van der Waals surface area contributed by atoms with Crippen molar-refractivity contribution in [2.24, 2.45) is 0 Å². The van der Waals surface area contributed by atoms with Crippen LogP contribution >= 0.6 is 0 Å². The number of rotatable bonds is 3. The van der Waals surface area contributed by atoms with Gasteiger partial charge in [-0.3, -0.25) is 4.55 Å². The van der Waals surface area contributed by atoms with Gasteiger partial charge in [-0.1, -0.05) is 0 Å². The Morgan fingerprint density at radius 1 is 1.00 bits per heavy atom. The molecule has 0 bridgehead atoms. The zero-order chi connectivity index (χ0) is 19.5. The van der Waals surface area contributed by atoms with E-state index in [4.69, 9.17) is 28.1 Å². The van der Waals surface area contributed by atoms with E-state index in [1.807, 2.05) is 0 Å². The zero-order valence-electron chi connectivity index (χ0n) is 13.8. The maximum Gasteiger partial charge on any atom is 1.00 e. The van der Waals surface area contributed by atoms with Gasteiger partial charge in [0.2, 0.25) is 0 Å². The van der Waals surface area contributed by atoms with Crippen LogP contribution in [0.5, 0.6) is 17.2 Å². The van der Waals surface area contributed by atoms with Crippen LogP contribution in [0.2, 0.25) is 0 Å². The van der Waals surface area contributed by atoms with Crippen molar-refractivity contribution in [2.75, 3.05) is 12.4 Å². The summed E-state index contributed by atoms with van der Waals surface area (Å²) in [4.78, 5) is 0. The average Bonchev–Trinajstić information content (AvgIpc) is 2.50. The summed E-state index contributed by atoms with van der Waals surface area (Å²) in [5, 5.41) is 20.1. The Hall–Kier alpha value is -1.38. The second kappa shape index (κ2) is 13.8. The van der Waals surface area contributed by atoms with Crippen LogP contribution in [0.15, 0.2) is 48.5 Å². The Kier molecular flexibility index (Phi) is 14.2. The average molecular weight is 417 g/mol. The molecule has 13 heteroatoms. The molecule has 1 atom stereocenters. The Bertz CT molecular complexity index is 727. The standard InChI is InChI=1S/C7H9NO4S.C6H6O2.Na.H2O3S/c1-8-6-2-4-7(5-3-6)12-13(9,10)11;7-5-1-2-6(8)4-3-5;;1-4(2)3/h2-5,8H,1H3,(H,9,10,11);1-4,7-8H;;(H2,1,2,3)/q;;+1;/p-1. The van der Waals surface area contributed by atoms with Crippen molar-refractivity contribution in [3.63, 3.8) is 0 Å². The van der Waals surface area contributed by atoms with Crippen molar-refractivity contribution in [1.82, 2.24) is 0 Å². The first-order valence-corrected chi connectivity index (χ1v) is 8.64. The van der Waals surface area contributed by atoms with Gasteiger partial charge >= 0.3 is 40.0 Å². The van der Waals surface area contributed by atoms with E-state index in [0.717, 1.165) is 5.69 Å². The van der Waals surface area contributed by atoms with Crippen LogP contribution in [-0.4, -0.2) is 43.5 Å². The minimum Gasteiger partial charge on any atom is -0.750 e. The summed E-state index contributed by atoms with van der Waals surface area (Å²) in [6.07, 6.45) is 0. The summed E-state index contributed by atoms with van der Waals surface area (Å²) in [7, 11) is -2.68. The quantitative estimate of drug-likeness (QED) is 0.168. The first-order valence-electron chi connectivity index (χ1n) is 6.24. The largest absolute Gasteiger partial charge is 1.00 e. The Morgan fingerprint density at radius 3 is 1.62 bits per heavy atom. The molecule has 0 saturated carbocycles. The number of hydrogen-bond donors (Lipinski definition) is 5. The fourth-order valence-electron chi connectivity index (χ4n) is 1.25. The molecule has 0 fully saturated rings. The summed E-state index contributed by atoms with van der Waals surface area (Å²) < 4.78 is 57.2. The molecule has 140 valence electrons. The molecule has 0 aliphatic carbocycles. The molecular weight excluding hydrogens is 401 g/mol. The van der Waals surface area contributed by atoms with E-state index in [2.05, 4.69) is 9.50 Å². The summed E-state index contributed by atoms with van der Waals surface area (Å²) in [5.74, 6) is 0.409. The maximum absolute atomic E-state index is 10.3. The molecular formula is C13H16NNaO9S2. The number of phenolic OH excluding ortho intramolecular Hbond substituents is 2. The van der Waals surface area contributed by atoms with Crippen molar-refractivity contribution in [2.45, 2.75) is 0 Å². The van der Waals surface area contributed by atoms with E-state index in [9.17, 15) is 8.42 Å². The molecule has 0 spiro atoms. The van der Waals surface area contributed by atoms with Gasteiger partial charge < -0.3 is 28.8 Å². The molecule has 5 N–H and O–H groups in total. The van der Waals surface area contributed by atoms with E-state index < -0.39 is 21.8 Å². The first kappa shape index (κ1) is 26.8. The molecule has 2 aromatic carbocycles. The summed E-state index contributed by atoms with van der Waals surface area (Å²) in [5.41, 5.74) is 0.822. The summed E-state index contributed by atoms with van der Waals surface area (Å²) in [6.45, 7) is 0. The van der Waals surface area contributed by atoms with Gasteiger partial charge in [0, 0.05) is 12.7 Å². The van der Waals surface area contributed by atoms with Gasteiger partial charge in [-0.2, -0.15) is 8.42 Å². The molecule has 0 radical (unpaired) electrons. The zero-order valence-corrected chi connectivity index (χ0v) is 17.4. The van der Waals surface area contributed by atoms with E-state index >= 15 is 0 Å².